The maximum absolute atomic E-state index is 13.4. The molecule has 1 aromatic heterocycles. The molecule has 0 fully saturated rings. The van der Waals surface area contributed by atoms with E-state index in [2.05, 4.69) is 26.2 Å². The van der Waals surface area contributed by atoms with Crippen molar-refractivity contribution in [1.82, 2.24) is 15.0 Å². The van der Waals surface area contributed by atoms with Gasteiger partial charge in [0, 0.05) is 15.7 Å². The van der Waals surface area contributed by atoms with Gasteiger partial charge in [0.25, 0.3) is 0 Å². The van der Waals surface area contributed by atoms with Crippen molar-refractivity contribution in [3.8, 4) is 16.9 Å². The molecule has 4 rings (SSSR count). The van der Waals surface area contributed by atoms with E-state index < -0.39 is 9.84 Å². The van der Waals surface area contributed by atoms with Gasteiger partial charge in [-0.3, -0.25) is 0 Å². The van der Waals surface area contributed by atoms with Crippen LogP contribution in [0, 0.1) is 0 Å². The van der Waals surface area contributed by atoms with Gasteiger partial charge in [0.15, 0.2) is 0 Å². The van der Waals surface area contributed by atoms with Gasteiger partial charge in [-0.2, -0.15) is 0 Å². The van der Waals surface area contributed by atoms with Gasteiger partial charge in [-0.1, -0.05) is 47.7 Å². The van der Waals surface area contributed by atoms with Crippen LogP contribution >= 0.6 is 15.9 Å². The standard InChI is InChI=1S/C20H15BrN4O2S/c21-17-8-4-5-9-18(17)28(26,27)20-19(14-6-2-1-3-7-14)25(24-23-20)16-12-10-15(22)11-13-16/h1-13H,22H2. The zero-order valence-corrected chi connectivity index (χ0v) is 16.9. The Hall–Kier alpha value is -2.97. The van der Waals surface area contributed by atoms with E-state index in [1.54, 1.807) is 42.5 Å². The molecule has 0 bridgehead atoms. The molecule has 6 nitrogen and oxygen atoms in total. The van der Waals surface area contributed by atoms with Crippen LogP contribution in [0.5, 0.6) is 0 Å². The van der Waals surface area contributed by atoms with Crippen molar-refractivity contribution >= 4 is 31.5 Å². The van der Waals surface area contributed by atoms with Crippen LogP contribution in [-0.2, 0) is 9.84 Å². The molecule has 2 N–H and O–H groups in total. The molecule has 0 saturated heterocycles. The van der Waals surface area contributed by atoms with Crippen LogP contribution in [0.1, 0.15) is 0 Å². The zero-order chi connectivity index (χ0) is 19.7. The van der Waals surface area contributed by atoms with Crippen molar-refractivity contribution in [1.29, 1.82) is 0 Å². The summed E-state index contributed by atoms with van der Waals surface area (Å²) in [5, 5.41) is 8.09. The highest BCUT2D eigenvalue weighted by atomic mass is 79.9. The largest absolute Gasteiger partial charge is 0.399 e. The summed E-state index contributed by atoms with van der Waals surface area (Å²) in [6, 6.07) is 22.8. The molecule has 1 heterocycles. The van der Waals surface area contributed by atoms with Gasteiger partial charge in [0.1, 0.15) is 5.69 Å². The fraction of sp³-hybridized carbons (Fsp3) is 0. The molecule has 0 aliphatic heterocycles. The predicted molar refractivity (Wildman–Crippen MR) is 111 cm³/mol. The molecule has 140 valence electrons. The Bertz CT molecular complexity index is 1240. The van der Waals surface area contributed by atoms with Crippen LogP contribution in [-0.4, -0.2) is 23.4 Å². The quantitative estimate of drug-likeness (QED) is 0.468. The molecular weight excluding hydrogens is 440 g/mol. The highest BCUT2D eigenvalue weighted by molar-refractivity contribution is 9.10. The van der Waals surface area contributed by atoms with E-state index in [1.807, 2.05) is 30.3 Å². The van der Waals surface area contributed by atoms with E-state index in [-0.39, 0.29) is 9.92 Å². The highest BCUT2D eigenvalue weighted by Crippen LogP contribution is 2.34. The lowest BCUT2D eigenvalue weighted by Crippen LogP contribution is -2.06. The van der Waals surface area contributed by atoms with Crippen molar-refractivity contribution in [3.05, 3.63) is 83.3 Å². The van der Waals surface area contributed by atoms with Gasteiger partial charge in [-0.25, -0.2) is 13.1 Å². The van der Waals surface area contributed by atoms with Crippen LogP contribution in [0.3, 0.4) is 0 Å². The molecule has 0 unspecified atom stereocenters. The third kappa shape index (κ3) is 3.21. The number of nitrogens with two attached hydrogens (primary N) is 1. The van der Waals surface area contributed by atoms with Gasteiger partial charge in [-0.05, 0) is 52.3 Å². The Labute approximate surface area is 170 Å². The van der Waals surface area contributed by atoms with Crippen LogP contribution in [0.25, 0.3) is 16.9 Å². The topological polar surface area (TPSA) is 90.9 Å². The van der Waals surface area contributed by atoms with Gasteiger partial charge in [0.05, 0.1) is 10.6 Å². The monoisotopic (exact) mass is 454 g/mol. The second kappa shape index (κ2) is 7.21. The number of nitrogens with zero attached hydrogens (tertiary/aromatic N) is 3. The summed E-state index contributed by atoms with van der Waals surface area (Å²) in [6.07, 6.45) is 0. The van der Waals surface area contributed by atoms with Crippen LogP contribution < -0.4 is 5.73 Å². The second-order valence-electron chi connectivity index (χ2n) is 6.05. The molecule has 8 heteroatoms. The molecule has 0 atom stereocenters. The number of anilines is 1. The van der Waals surface area contributed by atoms with Gasteiger partial charge in [0.2, 0.25) is 14.9 Å². The zero-order valence-electron chi connectivity index (χ0n) is 14.5. The van der Waals surface area contributed by atoms with Crippen molar-refractivity contribution in [2.45, 2.75) is 9.92 Å². The summed E-state index contributed by atoms with van der Waals surface area (Å²) >= 11 is 3.32. The maximum Gasteiger partial charge on any atom is 0.229 e. The molecule has 0 aliphatic carbocycles. The van der Waals surface area contributed by atoms with Crippen molar-refractivity contribution < 1.29 is 8.42 Å². The number of nitrogen functional groups attached to an aromatic ring is 1. The molecule has 4 aromatic rings. The van der Waals surface area contributed by atoms with Gasteiger partial charge < -0.3 is 5.73 Å². The summed E-state index contributed by atoms with van der Waals surface area (Å²) in [7, 11) is -3.91. The first-order valence-corrected chi connectivity index (χ1v) is 10.6. The summed E-state index contributed by atoms with van der Waals surface area (Å²) < 4.78 is 28.7. The molecule has 0 saturated carbocycles. The molecule has 0 amide bonds. The Balaban J connectivity index is 1.99. The number of aromatic nitrogens is 3. The lowest BCUT2D eigenvalue weighted by Gasteiger charge is -2.10. The molecule has 0 radical (unpaired) electrons. The van der Waals surface area contributed by atoms with E-state index in [0.29, 0.717) is 27.1 Å². The molecule has 3 aromatic carbocycles. The van der Waals surface area contributed by atoms with Crippen molar-refractivity contribution in [2.24, 2.45) is 0 Å². The fourth-order valence-corrected chi connectivity index (χ4v) is 5.17. The number of halogens is 1. The molecular formula is C20H15BrN4O2S. The minimum absolute atomic E-state index is 0.109. The summed E-state index contributed by atoms with van der Waals surface area (Å²) in [6.45, 7) is 0. The van der Waals surface area contributed by atoms with Crippen molar-refractivity contribution in [2.75, 3.05) is 5.73 Å². The minimum Gasteiger partial charge on any atom is -0.399 e. The number of hydrogen-bond acceptors (Lipinski definition) is 5. The number of sulfone groups is 1. The Morgan fingerprint density at radius 2 is 1.50 bits per heavy atom. The van der Waals surface area contributed by atoms with Crippen molar-refractivity contribution in [3.63, 3.8) is 0 Å². The number of hydrogen-bond donors (Lipinski definition) is 1. The summed E-state index contributed by atoms with van der Waals surface area (Å²) in [5.74, 6) is 0. The summed E-state index contributed by atoms with van der Waals surface area (Å²) in [4.78, 5) is 0.136. The van der Waals surface area contributed by atoms with E-state index in [0.717, 1.165) is 0 Å². The first-order chi connectivity index (χ1) is 13.5. The molecule has 0 spiro atoms. The van der Waals surface area contributed by atoms with E-state index >= 15 is 0 Å². The average Bonchev–Trinajstić information content (AvgIpc) is 3.15. The minimum atomic E-state index is -3.91. The number of rotatable bonds is 4. The van der Waals surface area contributed by atoms with Crippen LogP contribution in [0.4, 0.5) is 5.69 Å². The SMILES string of the molecule is Nc1ccc(-n2nnc(S(=O)(=O)c3ccccc3Br)c2-c2ccccc2)cc1. The van der Waals surface area contributed by atoms with Gasteiger partial charge in [-0.15, -0.1) is 5.10 Å². The first kappa shape index (κ1) is 18.4. The molecule has 28 heavy (non-hydrogen) atoms. The molecule has 0 aliphatic rings. The van der Waals surface area contributed by atoms with Gasteiger partial charge >= 0.3 is 0 Å². The first-order valence-electron chi connectivity index (χ1n) is 8.35. The summed E-state index contributed by atoms with van der Waals surface area (Å²) in [5.41, 5.74) is 8.12. The third-order valence-electron chi connectivity index (χ3n) is 4.20. The normalized spacial score (nSPS) is 11.5. The van der Waals surface area contributed by atoms with E-state index in [1.165, 1.54) is 10.7 Å². The number of benzene rings is 3. The highest BCUT2D eigenvalue weighted by Gasteiger charge is 2.30. The second-order valence-corrected chi connectivity index (χ2v) is 8.73. The maximum atomic E-state index is 13.4. The van der Waals surface area contributed by atoms with Crippen LogP contribution in [0.2, 0.25) is 0 Å². The fourth-order valence-electron chi connectivity index (χ4n) is 2.85. The van der Waals surface area contributed by atoms with Crippen LogP contribution in [0.15, 0.2) is 93.3 Å². The Morgan fingerprint density at radius 1 is 0.857 bits per heavy atom. The van der Waals surface area contributed by atoms with E-state index in [4.69, 9.17) is 5.73 Å². The lowest BCUT2D eigenvalue weighted by atomic mass is 10.1. The smallest absolute Gasteiger partial charge is 0.229 e. The van der Waals surface area contributed by atoms with E-state index in [9.17, 15) is 8.42 Å². The average molecular weight is 455 g/mol. The Kier molecular flexibility index (Phi) is 4.74. The third-order valence-corrected chi connectivity index (χ3v) is 6.88. The predicted octanol–water partition coefficient (Wildman–Crippen LogP) is 4.11. The lowest BCUT2D eigenvalue weighted by molar-refractivity contribution is 0.591. The Morgan fingerprint density at radius 3 is 2.18 bits per heavy atom.